The number of hydrogen-bond acceptors (Lipinski definition) is 4. The van der Waals surface area contributed by atoms with Crippen LogP contribution in [-0.4, -0.2) is 44.7 Å². The smallest absolute Gasteiger partial charge is 0.313 e. The van der Waals surface area contributed by atoms with Crippen LogP contribution in [0.5, 0.6) is 0 Å². The molecule has 0 unspecified atom stereocenters. The molecule has 3 rings (SSSR count). The van der Waals surface area contributed by atoms with Gasteiger partial charge < -0.3 is 20.3 Å². The Balaban J connectivity index is 1.37. The summed E-state index contributed by atoms with van der Waals surface area (Å²) < 4.78 is 5.37. The topological polar surface area (TPSA) is 70.7 Å². The fourth-order valence-corrected chi connectivity index (χ4v) is 3.12. The molecule has 2 amide bonds. The van der Waals surface area contributed by atoms with E-state index in [0.29, 0.717) is 17.3 Å². The number of carbonyl (C=O) groups excluding carboxylic acids is 2. The van der Waals surface area contributed by atoms with Crippen molar-refractivity contribution in [1.29, 1.82) is 0 Å². The third-order valence-corrected chi connectivity index (χ3v) is 4.80. The highest BCUT2D eigenvalue weighted by atomic mass is 35.5. The summed E-state index contributed by atoms with van der Waals surface area (Å²) in [7, 11) is 0. The van der Waals surface area contributed by atoms with Crippen LogP contribution in [0.2, 0.25) is 5.02 Å². The van der Waals surface area contributed by atoms with Crippen molar-refractivity contribution in [2.45, 2.75) is 12.8 Å². The number of nitrogens with one attached hydrogen (secondary N) is 2. The third-order valence-electron chi connectivity index (χ3n) is 4.55. The molecular weight excluding hydrogens is 378 g/mol. The molecular formula is C21H24ClN3O3. The van der Waals surface area contributed by atoms with E-state index in [1.165, 1.54) is 11.3 Å². The normalized spacial score (nSPS) is 13.8. The van der Waals surface area contributed by atoms with E-state index in [9.17, 15) is 9.59 Å². The van der Waals surface area contributed by atoms with Gasteiger partial charge in [-0.1, -0.05) is 23.7 Å². The molecule has 1 fully saturated rings. The number of rotatable bonds is 6. The molecule has 0 saturated carbocycles. The highest BCUT2D eigenvalue weighted by Gasteiger charge is 2.13. The van der Waals surface area contributed by atoms with Crippen LogP contribution in [0.4, 0.5) is 11.4 Å². The lowest BCUT2D eigenvalue weighted by molar-refractivity contribution is -0.136. The maximum atomic E-state index is 11.9. The number of hydrogen-bond donors (Lipinski definition) is 2. The Labute approximate surface area is 169 Å². The van der Waals surface area contributed by atoms with E-state index in [1.54, 1.807) is 24.3 Å². The van der Waals surface area contributed by atoms with E-state index < -0.39 is 11.8 Å². The van der Waals surface area contributed by atoms with E-state index in [-0.39, 0.29) is 0 Å². The van der Waals surface area contributed by atoms with Crippen LogP contribution in [0.1, 0.15) is 12.0 Å². The number of carbonyl (C=O) groups is 2. The lowest BCUT2D eigenvalue weighted by Gasteiger charge is -2.28. The molecule has 2 N–H and O–H groups in total. The predicted octanol–water partition coefficient (Wildman–Crippen LogP) is 2.86. The molecule has 1 aliphatic rings. The molecule has 0 bridgehead atoms. The number of halogens is 1. The second kappa shape index (κ2) is 10.1. The minimum atomic E-state index is -0.683. The van der Waals surface area contributed by atoms with E-state index in [0.717, 1.165) is 39.1 Å². The van der Waals surface area contributed by atoms with E-state index in [2.05, 4.69) is 39.8 Å². The number of benzene rings is 2. The standard InChI is InChI=1S/C21H24ClN3O3/c22-17-5-7-18(8-6-17)24-21(27)20(26)23-11-1-2-16-3-9-19(10-4-16)25-12-14-28-15-13-25/h3-10H,1-2,11-15H2,(H,23,26)(H,24,27). The van der Waals surface area contributed by atoms with Gasteiger partial charge in [0, 0.05) is 36.0 Å². The van der Waals surface area contributed by atoms with Crippen LogP contribution in [0, 0.1) is 0 Å². The van der Waals surface area contributed by atoms with E-state index in [1.807, 2.05) is 0 Å². The Morgan fingerprint density at radius 1 is 0.964 bits per heavy atom. The summed E-state index contributed by atoms with van der Waals surface area (Å²) in [4.78, 5) is 26.1. The van der Waals surface area contributed by atoms with Crippen molar-refractivity contribution in [3.63, 3.8) is 0 Å². The average Bonchev–Trinajstić information content (AvgIpc) is 2.73. The summed E-state index contributed by atoms with van der Waals surface area (Å²) in [5.41, 5.74) is 2.95. The number of morpholine rings is 1. The molecule has 0 atom stereocenters. The minimum Gasteiger partial charge on any atom is -0.378 e. The largest absolute Gasteiger partial charge is 0.378 e. The average molecular weight is 402 g/mol. The summed E-state index contributed by atoms with van der Waals surface area (Å²) >= 11 is 5.79. The number of anilines is 2. The fraction of sp³-hybridized carbons (Fsp3) is 0.333. The Morgan fingerprint density at radius 2 is 1.64 bits per heavy atom. The van der Waals surface area contributed by atoms with Crippen molar-refractivity contribution >= 4 is 34.8 Å². The Bertz CT molecular complexity index is 788. The zero-order valence-electron chi connectivity index (χ0n) is 15.6. The predicted molar refractivity (Wildman–Crippen MR) is 111 cm³/mol. The van der Waals surface area contributed by atoms with Gasteiger partial charge in [0.15, 0.2) is 0 Å². The maximum absolute atomic E-state index is 11.9. The van der Waals surface area contributed by atoms with Gasteiger partial charge in [-0.25, -0.2) is 0 Å². The first-order valence-corrected chi connectivity index (χ1v) is 9.76. The molecule has 2 aromatic rings. The van der Waals surface area contributed by atoms with Crippen LogP contribution < -0.4 is 15.5 Å². The molecule has 6 nitrogen and oxygen atoms in total. The molecule has 1 aliphatic heterocycles. The van der Waals surface area contributed by atoms with Gasteiger partial charge in [-0.15, -0.1) is 0 Å². The van der Waals surface area contributed by atoms with Gasteiger partial charge in [-0.2, -0.15) is 0 Å². The third kappa shape index (κ3) is 5.97. The number of amides is 2. The highest BCUT2D eigenvalue weighted by molar-refractivity contribution is 6.39. The van der Waals surface area contributed by atoms with Crippen LogP contribution >= 0.6 is 11.6 Å². The van der Waals surface area contributed by atoms with Crippen molar-refractivity contribution in [1.82, 2.24) is 5.32 Å². The van der Waals surface area contributed by atoms with E-state index in [4.69, 9.17) is 16.3 Å². The Kier molecular flexibility index (Phi) is 7.28. The summed E-state index contributed by atoms with van der Waals surface area (Å²) in [6.45, 7) is 3.82. The molecule has 148 valence electrons. The van der Waals surface area contributed by atoms with Gasteiger partial charge in [-0.3, -0.25) is 9.59 Å². The molecule has 0 radical (unpaired) electrons. The summed E-state index contributed by atoms with van der Waals surface area (Å²) in [5.74, 6) is -1.32. The Morgan fingerprint density at radius 3 is 2.32 bits per heavy atom. The highest BCUT2D eigenvalue weighted by Crippen LogP contribution is 2.17. The van der Waals surface area contributed by atoms with Gasteiger partial charge in [0.2, 0.25) is 0 Å². The Hall–Kier alpha value is -2.57. The molecule has 0 aliphatic carbocycles. The first kappa shape index (κ1) is 20.2. The second-order valence-electron chi connectivity index (χ2n) is 6.59. The molecule has 2 aromatic carbocycles. The zero-order valence-corrected chi connectivity index (χ0v) is 16.4. The maximum Gasteiger partial charge on any atom is 0.313 e. The number of aryl methyl sites for hydroxylation is 1. The van der Waals surface area contributed by atoms with Crippen molar-refractivity contribution in [3.8, 4) is 0 Å². The van der Waals surface area contributed by atoms with Crippen molar-refractivity contribution in [2.75, 3.05) is 43.1 Å². The molecule has 0 aromatic heterocycles. The van der Waals surface area contributed by atoms with Gasteiger partial charge in [0.25, 0.3) is 0 Å². The summed E-state index contributed by atoms with van der Waals surface area (Å²) in [6.07, 6.45) is 1.60. The molecule has 28 heavy (non-hydrogen) atoms. The van der Waals surface area contributed by atoms with Gasteiger partial charge in [0.1, 0.15) is 0 Å². The molecule has 1 saturated heterocycles. The van der Waals surface area contributed by atoms with Gasteiger partial charge >= 0.3 is 11.8 Å². The van der Waals surface area contributed by atoms with Crippen LogP contribution in [-0.2, 0) is 20.7 Å². The van der Waals surface area contributed by atoms with Gasteiger partial charge in [0.05, 0.1) is 13.2 Å². The lowest BCUT2D eigenvalue weighted by atomic mass is 10.1. The zero-order chi connectivity index (χ0) is 19.8. The van der Waals surface area contributed by atoms with Crippen LogP contribution in [0.15, 0.2) is 48.5 Å². The first-order chi connectivity index (χ1) is 13.6. The second-order valence-corrected chi connectivity index (χ2v) is 7.02. The van der Waals surface area contributed by atoms with Crippen molar-refractivity contribution in [3.05, 3.63) is 59.1 Å². The summed E-state index contributed by atoms with van der Waals surface area (Å²) in [6, 6.07) is 15.1. The molecule has 7 heteroatoms. The fourth-order valence-electron chi connectivity index (χ4n) is 2.99. The first-order valence-electron chi connectivity index (χ1n) is 9.38. The van der Waals surface area contributed by atoms with Crippen LogP contribution in [0.25, 0.3) is 0 Å². The quantitative estimate of drug-likeness (QED) is 0.576. The number of ether oxygens (including phenoxy) is 1. The van der Waals surface area contributed by atoms with Crippen molar-refractivity contribution < 1.29 is 14.3 Å². The van der Waals surface area contributed by atoms with Crippen molar-refractivity contribution in [2.24, 2.45) is 0 Å². The van der Waals surface area contributed by atoms with Crippen LogP contribution in [0.3, 0.4) is 0 Å². The molecule has 0 spiro atoms. The number of nitrogens with zero attached hydrogens (tertiary/aromatic N) is 1. The minimum absolute atomic E-state index is 0.443. The van der Waals surface area contributed by atoms with E-state index >= 15 is 0 Å². The monoisotopic (exact) mass is 401 g/mol. The summed E-state index contributed by atoms with van der Waals surface area (Å²) in [5, 5.41) is 5.76. The van der Waals surface area contributed by atoms with Gasteiger partial charge in [-0.05, 0) is 54.8 Å². The molecule has 1 heterocycles. The lowest BCUT2D eigenvalue weighted by Crippen LogP contribution is -2.36. The SMILES string of the molecule is O=C(NCCCc1ccc(N2CCOCC2)cc1)C(=O)Nc1ccc(Cl)cc1.